The quantitative estimate of drug-likeness (QED) is 0.164. The lowest BCUT2D eigenvalue weighted by Crippen LogP contribution is -2.62. The van der Waals surface area contributed by atoms with Crippen LogP contribution in [0.15, 0.2) is 121 Å². The molecule has 0 amide bonds. The van der Waals surface area contributed by atoms with E-state index in [2.05, 4.69) is 256 Å². The third-order valence-electron chi connectivity index (χ3n) is 14.4. The Balaban J connectivity index is 1.34. The number of benzene rings is 6. The second-order valence-corrected chi connectivity index (χ2v) is 27.0. The molecule has 350 valence electrons. The summed E-state index contributed by atoms with van der Waals surface area (Å²) in [5.41, 5.74) is 21.2. The van der Waals surface area contributed by atoms with Crippen LogP contribution < -0.4 is 26.3 Å². The highest BCUT2D eigenvalue weighted by Crippen LogP contribution is 2.50. The summed E-state index contributed by atoms with van der Waals surface area (Å²) in [6, 6.07) is 47.2. The van der Waals surface area contributed by atoms with Crippen molar-refractivity contribution in [1.29, 1.82) is 0 Å². The molecule has 0 spiro atoms. The number of anilines is 6. The molecule has 68 heavy (non-hydrogen) atoms. The fraction of sp³-hybridized carbons (Fsp3) is 0.381. The Kier molecular flexibility index (Phi) is 11.3. The summed E-state index contributed by atoms with van der Waals surface area (Å²) in [5.74, 6) is 0. The molecule has 0 fully saturated rings. The molecular formula is C63H74BN3S. The van der Waals surface area contributed by atoms with Gasteiger partial charge in [-0.3, -0.25) is 0 Å². The number of nitrogens with zero attached hydrogens (tertiary/aromatic N) is 3. The van der Waals surface area contributed by atoms with Gasteiger partial charge in [0.15, 0.2) is 0 Å². The summed E-state index contributed by atoms with van der Waals surface area (Å²) >= 11 is 1.84. The van der Waals surface area contributed by atoms with Gasteiger partial charge in [-0.15, -0.1) is 0 Å². The van der Waals surface area contributed by atoms with Gasteiger partial charge in [0.05, 0.1) is 5.59 Å². The summed E-state index contributed by atoms with van der Waals surface area (Å²) in [5, 5.41) is 2.23. The van der Waals surface area contributed by atoms with Gasteiger partial charge in [0, 0.05) is 34.0 Å². The fourth-order valence-electron chi connectivity index (χ4n) is 9.87. The smallest absolute Gasteiger partial charge is 0.276 e. The van der Waals surface area contributed by atoms with Gasteiger partial charge in [0.1, 0.15) is 10.0 Å². The number of rotatable bonds is 4. The Morgan fingerprint density at radius 2 is 0.779 bits per heavy atom. The molecule has 3 heterocycles. The predicted octanol–water partition coefficient (Wildman–Crippen LogP) is 16.3. The van der Waals surface area contributed by atoms with Crippen LogP contribution in [-0.2, 0) is 32.5 Å². The Morgan fingerprint density at radius 3 is 1.26 bits per heavy atom. The number of hydrogen-bond donors (Lipinski definition) is 0. The van der Waals surface area contributed by atoms with E-state index in [4.69, 9.17) is 4.98 Å². The molecule has 0 atom stereocenters. The summed E-state index contributed by atoms with van der Waals surface area (Å²) < 4.78 is 0. The highest BCUT2D eigenvalue weighted by atomic mass is 32.1. The maximum atomic E-state index is 5.86. The monoisotopic (exact) mass is 916 g/mol. The van der Waals surface area contributed by atoms with E-state index in [0.29, 0.717) is 0 Å². The number of hydrogen-bond acceptors (Lipinski definition) is 4. The van der Waals surface area contributed by atoms with Gasteiger partial charge >= 0.3 is 0 Å². The van der Waals surface area contributed by atoms with Gasteiger partial charge in [-0.25, -0.2) is 4.98 Å². The SMILES string of the molecule is CC(C)(C)c1ccc(-c2ccc(-c3nc4c(s3)N(c3cc(C(C)(C)C)cc(C(C)(C)C)c3)c3cc(C(C)(C)C)cc5c3B4c3cc(C(C)(C)C)ccc3N5c3ccc(C(C)(C)C)cc3)cc2)cc1. The van der Waals surface area contributed by atoms with E-state index in [-0.39, 0.29) is 39.2 Å². The van der Waals surface area contributed by atoms with Gasteiger partial charge in [-0.1, -0.05) is 215 Å². The maximum absolute atomic E-state index is 5.86. The van der Waals surface area contributed by atoms with E-state index < -0.39 is 0 Å². The van der Waals surface area contributed by atoms with Crippen molar-refractivity contribution in [2.75, 3.05) is 9.80 Å². The molecule has 0 N–H and O–H groups in total. The first-order chi connectivity index (χ1) is 31.5. The van der Waals surface area contributed by atoms with Gasteiger partial charge in [-0.05, 0) is 130 Å². The van der Waals surface area contributed by atoms with Crippen molar-refractivity contribution in [1.82, 2.24) is 4.98 Å². The molecule has 6 aromatic carbocycles. The van der Waals surface area contributed by atoms with Crippen LogP contribution in [0.25, 0.3) is 21.7 Å². The molecule has 9 rings (SSSR count). The fourth-order valence-corrected chi connectivity index (χ4v) is 11.0. The molecule has 7 aromatic rings. The zero-order valence-corrected chi connectivity index (χ0v) is 45.2. The summed E-state index contributed by atoms with van der Waals surface area (Å²) in [6.07, 6.45) is 0. The van der Waals surface area contributed by atoms with Gasteiger partial charge in [0.25, 0.3) is 6.71 Å². The second kappa shape index (κ2) is 16.1. The third kappa shape index (κ3) is 8.67. The van der Waals surface area contributed by atoms with E-state index in [1.165, 1.54) is 88.9 Å². The lowest BCUT2D eigenvalue weighted by molar-refractivity contribution is 0.569. The zero-order chi connectivity index (χ0) is 49.3. The second-order valence-electron chi connectivity index (χ2n) is 26.0. The number of aromatic nitrogens is 1. The molecule has 5 heteroatoms. The molecule has 0 bridgehead atoms. The minimum atomic E-state index is -0.122. The molecule has 2 aliphatic rings. The lowest BCUT2D eigenvalue weighted by Gasteiger charge is -2.44. The normalized spacial score (nSPS) is 14.2. The van der Waals surface area contributed by atoms with Crippen LogP contribution in [0.2, 0.25) is 0 Å². The molecule has 1 aromatic heterocycles. The molecule has 0 saturated carbocycles. The van der Waals surface area contributed by atoms with E-state index >= 15 is 0 Å². The standard InChI is InChI=1S/C63H74BN3S/c1-58(2,3)42-25-23-40(24-26-42)39-19-21-41(22-20-39)56-65-55-57(68-56)67(49-34-45(61(10,11)12)33-46(35-49)62(13,14)15)53-38-47(63(16,17)18)37-52-54(53)64(55)50-36-44(60(7,8)9)29-32-51(50)66(52)48-30-27-43(28-31-48)59(4,5)6/h19-38H,1-18H3. The average molecular weight is 916 g/mol. The molecule has 2 aliphatic heterocycles. The van der Waals surface area contributed by atoms with Crippen molar-refractivity contribution in [2.45, 2.75) is 157 Å². The lowest BCUT2D eigenvalue weighted by atomic mass is 9.35. The van der Waals surface area contributed by atoms with Crippen LogP contribution in [-0.4, -0.2) is 11.7 Å². The molecule has 0 aliphatic carbocycles. The van der Waals surface area contributed by atoms with Crippen molar-refractivity contribution >= 4 is 68.0 Å². The molecule has 0 unspecified atom stereocenters. The Hall–Kier alpha value is -5.39. The van der Waals surface area contributed by atoms with Crippen molar-refractivity contribution in [3.05, 3.63) is 155 Å². The van der Waals surface area contributed by atoms with Crippen molar-refractivity contribution < 1.29 is 0 Å². The molecular weight excluding hydrogens is 842 g/mol. The van der Waals surface area contributed by atoms with Crippen LogP contribution in [0, 0.1) is 0 Å². The third-order valence-corrected chi connectivity index (χ3v) is 15.6. The Labute approximate surface area is 414 Å². The highest BCUT2D eigenvalue weighted by molar-refractivity contribution is 7.22. The van der Waals surface area contributed by atoms with Crippen molar-refractivity contribution in [3.63, 3.8) is 0 Å². The van der Waals surface area contributed by atoms with Crippen LogP contribution in [0.1, 0.15) is 158 Å². The summed E-state index contributed by atoms with van der Waals surface area (Å²) in [7, 11) is 0. The summed E-state index contributed by atoms with van der Waals surface area (Å²) in [4.78, 5) is 11.0. The van der Waals surface area contributed by atoms with E-state index in [1.807, 2.05) is 11.3 Å². The van der Waals surface area contributed by atoms with E-state index in [1.54, 1.807) is 0 Å². The molecule has 3 nitrogen and oxygen atoms in total. The predicted molar refractivity (Wildman–Crippen MR) is 299 cm³/mol. The minimum Gasteiger partial charge on any atom is -0.311 e. The Bertz CT molecular complexity index is 3010. The average Bonchev–Trinajstić information content (AvgIpc) is 3.69. The first kappa shape index (κ1) is 47.7. The molecule has 0 radical (unpaired) electrons. The largest absolute Gasteiger partial charge is 0.311 e. The maximum Gasteiger partial charge on any atom is 0.276 e. The molecule has 0 saturated heterocycles. The van der Waals surface area contributed by atoms with Crippen LogP contribution in [0.4, 0.5) is 33.4 Å². The van der Waals surface area contributed by atoms with E-state index in [9.17, 15) is 0 Å². The van der Waals surface area contributed by atoms with Crippen molar-refractivity contribution in [3.8, 4) is 21.7 Å². The number of thiazole rings is 1. The first-order valence-corrected chi connectivity index (χ1v) is 25.7. The van der Waals surface area contributed by atoms with Gasteiger partial charge in [-0.2, -0.15) is 0 Å². The zero-order valence-electron chi connectivity index (χ0n) is 44.4. The number of fused-ring (bicyclic) bond motifs is 4. The van der Waals surface area contributed by atoms with Crippen molar-refractivity contribution in [2.24, 2.45) is 0 Å². The minimum absolute atomic E-state index is 0.0428. The van der Waals surface area contributed by atoms with Crippen LogP contribution in [0.3, 0.4) is 0 Å². The van der Waals surface area contributed by atoms with E-state index in [0.717, 1.165) is 16.2 Å². The van der Waals surface area contributed by atoms with Gasteiger partial charge in [0.2, 0.25) is 0 Å². The summed E-state index contributed by atoms with van der Waals surface area (Å²) in [6.45, 7) is 41.8. The van der Waals surface area contributed by atoms with Gasteiger partial charge < -0.3 is 9.80 Å². The Morgan fingerprint density at radius 1 is 0.368 bits per heavy atom. The first-order valence-electron chi connectivity index (χ1n) is 24.9. The van der Waals surface area contributed by atoms with Crippen LogP contribution in [0.5, 0.6) is 0 Å². The highest BCUT2D eigenvalue weighted by Gasteiger charge is 2.47. The van der Waals surface area contributed by atoms with Crippen LogP contribution >= 0.6 is 11.3 Å². The topological polar surface area (TPSA) is 19.4 Å².